The summed E-state index contributed by atoms with van der Waals surface area (Å²) in [6.45, 7) is 6.85. The number of aromatic nitrogens is 1. The molecule has 3 heterocycles. The number of amides is 2. The molecule has 0 saturated carbocycles. The zero-order chi connectivity index (χ0) is 25.7. The second kappa shape index (κ2) is 11.4. The third-order valence-electron chi connectivity index (χ3n) is 6.38. The lowest BCUT2D eigenvalue weighted by Gasteiger charge is -2.28. The van der Waals surface area contributed by atoms with Gasteiger partial charge in [-0.15, -0.1) is 0 Å². The number of benzene rings is 1. The number of rotatable bonds is 6. The number of aryl methyl sites for hydroxylation is 1. The molecule has 1 aromatic heterocycles. The average molecular weight is 496 g/mol. The first-order valence-electron chi connectivity index (χ1n) is 11.9. The molecule has 9 nitrogen and oxygen atoms in total. The smallest absolute Gasteiger partial charge is 0.322 e. The van der Waals surface area contributed by atoms with Crippen LogP contribution in [0.3, 0.4) is 0 Å². The molecule has 2 amide bonds. The Bertz CT molecular complexity index is 1200. The van der Waals surface area contributed by atoms with Crippen LogP contribution in [-0.4, -0.2) is 73.6 Å². The Labute approximate surface area is 209 Å². The number of aliphatic hydroxyl groups is 1. The van der Waals surface area contributed by atoms with Crippen molar-refractivity contribution in [2.75, 3.05) is 62.8 Å². The maximum Gasteiger partial charge on any atom is 0.322 e. The largest absolute Gasteiger partial charge is 0.475 e. The lowest BCUT2D eigenvalue weighted by atomic mass is 10.00. The average Bonchev–Trinajstić information content (AvgIpc) is 3.39. The van der Waals surface area contributed by atoms with Crippen LogP contribution in [0, 0.1) is 24.1 Å². The number of hydrogen-bond acceptors (Lipinski definition) is 7. The van der Waals surface area contributed by atoms with Crippen molar-refractivity contribution in [1.82, 2.24) is 9.88 Å². The molecule has 190 valence electrons. The minimum Gasteiger partial charge on any atom is -0.475 e. The fourth-order valence-electron chi connectivity index (χ4n) is 4.32. The van der Waals surface area contributed by atoms with Gasteiger partial charge in [0.1, 0.15) is 18.2 Å². The lowest BCUT2D eigenvalue weighted by molar-refractivity contribution is 0.122. The first-order chi connectivity index (χ1) is 17.4. The van der Waals surface area contributed by atoms with E-state index >= 15 is 0 Å². The normalized spacial score (nSPS) is 17.1. The third-order valence-corrected chi connectivity index (χ3v) is 6.38. The SMILES string of the molecule is C/C(C#N)=C1/CCN(C(=O)Nc2cc(-c3cc(OCCO)nc(N4CCOCC4)c3)c(C)cc2F)C1. The molecule has 0 spiro atoms. The van der Waals surface area contributed by atoms with Gasteiger partial charge in [0.05, 0.1) is 31.6 Å². The van der Waals surface area contributed by atoms with Crippen molar-refractivity contribution < 1.29 is 23.8 Å². The Balaban J connectivity index is 1.63. The highest BCUT2D eigenvalue weighted by molar-refractivity contribution is 5.91. The van der Waals surface area contributed by atoms with Gasteiger partial charge in [0.2, 0.25) is 5.88 Å². The Morgan fingerprint density at radius 3 is 2.78 bits per heavy atom. The van der Waals surface area contributed by atoms with Crippen LogP contribution in [0.2, 0.25) is 0 Å². The van der Waals surface area contributed by atoms with E-state index in [0.29, 0.717) is 68.6 Å². The van der Waals surface area contributed by atoms with Crippen LogP contribution in [0.15, 0.2) is 35.4 Å². The second-order valence-corrected chi connectivity index (χ2v) is 8.81. The summed E-state index contributed by atoms with van der Waals surface area (Å²) in [6.07, 6.45) is 0.631. The van der Waals surface area contributed by atoms with Gasteiger partial charge in [-0.25, -0.2) is 9.18 Å². The van der Waals surface area contributed by atoms with E-state index in [0.717, 1.165) is 16.7 Å². The number of carbonyl (C=O) groups is 1. The maximum atomic E-state index is 14.9. The molecule has 2 fully saturated rings. The van der Waals surface area contributed by atoms with E-state index in [1.54, 1.807) is 30.9 Å². The number of halogens is 1. The number of anilines is 2. The van der Waals surface area contributed by atoms with E-state index in [-0.39, 0.29) is 18.9 Å². The van der Waals surface area contributed by atoms with Gasteiger partial charge in [-0.1, -0.05) is 0 Å². The maximum absolute atomic E-state index is 14.9. The van der Waals surface area contributed by atoms with E-state index < -0.39 is 11.8 Å². The molecule has 36 heavy (non-hydrogen) atoms. The van der Waals surface area contributed by atoms with E-state index in [9.17, 15) is 14.3 Å². The van der Waals surface area contributed by atoms with Crippen LogP contribution >= 0.6 is 0 Å². The molecule has 0 unspecified atom stereocenters. The van der Waals surface area contributed by atoms with Crippen LogP contribution < -0.4 is 15.0 Å². The molecule has 2 saturated heterocycles. The van der Waals surface area contributed by atoms with Gasteiger partial charge in [-0.05, 0) is 60.7 Å². The number of hydrogen-bond donors (Lipinski definition) is 2. The monoisotopic (exact) mass is 495 g/mol. The highest BCUT2D eigenvalue weighted by Crippen LogP contribution is 2.33. The van der Waals surface area contributed by atoms with Crippen molar-refractivity contribution in [2.45, 2.75) is 20.3 Å². The number of pyridine rings is 1. The number of nitrogens with zero attached hydrogens (tertiary/aromatic N) is 4. The summed E-state index contributed by atoms with van der Waals surface area (Å²) in [6, 6.07) is 8.37. The third kappa shape index (κ3) is 5.75. The fourth-order valence-corrected chi connectivity index (χ4v) is 4.32. The summed E-state index contributed by atoms with van der Waals surface area (Å²) in [7, 11) is 0. The van der Waals surface area contributed by atoms with Crippen LogP contribution in [0.1, 0.15) is 18.9 Å². The predicted molar refractivity (Wildman–Crippen MR) is 134 cm³/mol. The Morgan fingerprint density at radius 2 is 2.06 bits per heavy atom. The quantitative estimate of drug-likeness (QED) is 0.590. The molecule has 2 N–H and O–H groups in total. The van der Waals surface area contributed by atoms with Crippen LogP contribution in [0.25, 0.3) is 11.1 Å². The molecule has 2 aliphatic rings. The molecule has 2 aromatic rings. The number of aliphatic hydroxyl groups excluding tert-OH is 1. The van der Waals surface area contributed by atoms with Gasteiger partial charge in [0.15, 0.2) is 0 Å². The number of nitriles is 1. The topological polar surface area (TPSA) is 111 Å². The molecule has 0 radical (unpaired) electrons. The fraction of sp³-hybridized carbons (Fsp3) is 0.423. The van der Waals surface area contributed by atoms with Crippen LogP contribution in [-0.2, 0) is 4.74 Å². The van der Waals surface area contributed by atoms with E-state index in [4.69, 9.17) is 14.7 Å². The van der Waals surface area contributed by atoms with Gasteiger partial charge >= 0.3 is 6.03 Å². The summed E-state index contributed by atoms with van der Waals surface area (Å²) in [5.41, 5.74) is 3.76. The first-order valence-corrected chi connectivity index (χ1v) is 11.9. The van der Waals surface area contributed by atoms with Gasteiger partial charge in [0, 0.05) is 37.8 Å². The van der Waals surface area contributed by atoms with Crippen LogP contribution in [0.5, 0.6) is 5.88 Å². The minimum absolute atomic E-state index is 0.0672. The molecule has 2 aliphatic heterocycles. The molecule has 0 bridgehead atoms. The van der Waals surface area contributed by atoms with Crippen molar-refractivity contribution >= 4 is 17.5 Å². The van der Waals surface area contributed by atoms with E-state index in [2.05, 4.69) is 21.3 Å². The Hall–Kier alpha value is -3.68. The molecular formula is C26H30FN5O4. The van der Waals surface area contributed by atoms with Crippen molar-refractivity contribution in [3.63, 3.8) is 0 Å². The van der Waals surface area contributed by atoms with E-state index in [1.807, 2.05) is 6.07 Å². The summed E-state index contributed by atoms with van der Waals surface area (Å²) in [4.78, 5) is 21.1. The molecule has 0 atom stereocenters. The summed E-state index contributed by atoms with van der Waals surface area (Å²) >= 11 is 0. The molecule has 1 aromatic carbocycles. The highest BCUT2D eigenvalue weighted by atomic mass is 19.1. The van der Waals surface area contributed by atoms with Gasteiger partial charge in [0.25, 0.3) is 0 Å². The number of nitrogens with one attached hydrogen (secondary N) is 1. The zero-order valence-electron chi connectivity index (χ0n) is 20.5. The van der Waals surface area contributed by atoms with Gasteiger partial charge in [-0.2, -0.15) is 10.2 Å². The second-order valence-electron chi connectivity index (χ2n) is 8.81. The summed E-state index contributed by atoms with van der Waals surface area (Å²) in [5, 5.41) is 21.0. The first kappa shape index (κ1) is 25.4. The Morgan fingerprint density at radius 1 is 1.28 bits per heavy atom. The number of ether oxygens (including phenoxy) is 2. The van der Waals surface area contributed by atoms with E-state index in [1.165, 1.54) is 6.07 Å². The molecule has 0 aliphatic carbocycles. The standard InChI is InChI=1S/C26H30FN5O4/c1-17-11-22(27)23(29-26(34)32-4-3-19(16-32)18(2)15-28)14-21(17)20-12-24(31-5-8-35-9-6-31)30-25(13-20)36-10-7-33/h11-14,33H,3-10,16H2,1-2H3,(H,29,34)/b19-18+. The number of morpholine rings is 1. The number of carbonyl (C=O) groups excluding carboxylic acids is 1. The predicted octanol–water partition coefficient (Wildman–Crippen LogP) is 3.48. The minimum atomic E-state index is -0.535. The van der Waals surface area contributed by atoms with Crippen molar-refractivity contribution in [1.29, 1.82) is 5.26 Å². The van der Waals surface area contributed by atoms with Crippen molar-refractivity contribution in [2.24, 2.45) is 0 Å². The lowest BCUT2D eigenvalue weighted by Crippen LogP contribution is -2.36. The van der Waals surface area contributed by atoms with Crippen molar-refractivity contribution in [3.05, 3.63) is 46.8 Å². The highest BCUT2D eigenvalue weighted by Gasteiger charge is 2.24. The van der Waals surface area contributed by atoms with Crippen LogP contribution in [0.4, 0.5) is 20.7 Å². The Kier molecular flexibility index (Phi) is 8.03. The van der Waals surface area contributed by atoms with Gasteiger partial charge < -0.3 is 29.7 Å². The van der Waals surface area contributed by atoms with Gasteiger partial charge in [-0.3, -0.25) is 0 Å². The van der Waals surface area contributed by atoms with Crippen molar-refractivity contribution in [3.8, 4) is 23.1 Å². The summed E-state index contributed by atoms with van der Waals surface area (Å²) in [5.74, 6) is 0.510. The number of allylic oxidation sites excluding steroid dienone is 1. The summed E-state index contributed by atoms with van der Waals surface area (Å²) < 4.78 is 26.0. The molecule has 10 heteroatoms. The molecular weight excluding hydrogens is 465 g/mol. The number of likely N-dealkylation sites (tertiary alicyclic amines) is 1. The zero-order valence-corrected chi connectivity index (χ0v) is 20.5. The molecule has 4 rings (SSSR count). The number of urea groups is 1.